The highest BCUT2D eigenvalue weighted by atomic mass is 16.5. The Bertz CT molecular complexity index is 770. The number of ether oxygens (including phenoxy) is 2. The highest BCUT2D eigenvalue weighted by molar-refractivity contribution is 6.02. The maximum absolute atomic E-state index is 6.22. The van der Waals surface area contributed by atoms with Crippen molar-refractivity contribution in [2.24, 2.45) is 5.10 Å². The van der Waals surface area contributed by atoms with Crippen LogP contribution in [0, 0.1) is 0 Å². The Morgan fingerprint density at radius 1 is 1.12 bits per heavy atom. The lowest BCUT2D eigenvalue weighted by molar-refractivity contribution is -0.0223. The van der Waals surface area contributed by atoms with Crippen LogP contribution >= 0.6 is 0 Å². The second-order valence-electron chi connectivity index (χ2n) is 6.50. The average molecular weight is 336 g/mol. The summed E-state index contributed by atoms with van der Waals surface area (Å²) < 4.78 is 11.8. The first kappa shape index (κ1) is 16.0. The SMILES string of the molecule is CCC[C@H]1Oc2ccccc2[C@@H]2CC(c3ccc(OCC)cc3)=NN12. The second-order valence-corrected chi connectivity index (χ2v) is 6.50. The zero-order valence-corrected chi connectivity index (χ0v) is 14.8. The third-order valence-electron chi connectivity index (χ3n) is 4.81. The molecule has 0 bridgehead atoms. The molecule has 0 saturated carbocycles. The zero-order valence-electron chi connectivity index (χ0n) is 14.8. The summed E-state index contributed by atoms with van der Waals surface area (Å²) in [6.45, 7) is 4.87. The molecule has 25 heavy (non-hydrogen) atoms. The molecular weight excluding hydrogens is 312 g/mol. The first-order valence-electron chi connectivity index (χ1n) is 9.14. The zero-order chi connectivity index (χ0) is 17.2. The molecule has 0 radical (unpaired) electrons. The number of rotatable bonds is 5. The van der Waals surface area contributed by atoms with Crippen molar-refractivity contribution < 1.29 is 9.47 Å². The van der Waals surface area contributed by atoms with Crippen LogP contribution in [-0.2, 0) is 0 Å². The number of hydrazone groups is 1. The monoisotopic (exact) mass is 336 g/mol. The van der Waals surface area contributed by atoms with Gasteiger partial charge in [0, 0.05) is 18.4 Å². The summed E-state index contributed by atoms with van der Waals surface area (Å²) in [7, 11) is 0. The van der Waals surface area contributed by atoms with E-state index in [4.69, 9.17) is 14.6 Å². The molecule has 0 aromatic heterocycles. The van der Waals surface area contributed by atoms with E-state index in [9.17, 15) is 0 Å². The van der Waals surface area contributed by atoms with Crippen LogP contribution in [0.1, 0.15) is 50.3 Å². The number of para-hydroxylation sites is 1. The second kappa shape index (κ2) is 6.79. The van der Waals surface area contributed by atoms with Gasteiger partial charge in [0.15, 0.2) is 6.23 Å². The molecule has 2 aliphatic heterocycles. The fraction of sp³-hybridized carbons (Fsp3) is 0.381. The van der Waals surface area contributed by atoms with Crippen LogP contribution in [0.5, 0.6) is 11.5 Å². The largest absolute Gasteiger partial charge is 0.494 e. The normalized spacial score (nSPS) is 21.2. The van der Waals surface area contributed by atoms with Crippen molar-refractivity contribution in [2.45, 2.75) is 45.4 Å². The van der Waals surface area contributed by atoms with E-state index in [0.717, 1.165) is 42.0 Å². The minimum absolute atomic E-state index is 0.0186. The summed E-state index contributed by atoms with van der Waals surface area (Å²) in [5.41, 5.74) is 3.51. The molecule has 4 heteroatoms. The van der Waals surface area contributed by atoms with Gasteiger partial charge in [-0.25, -0.2) is 0 Å². The van der Waals surface area contributed by atoms with Crippen LogP contribution in [-0.4, -0.2) is 23.6 Å². The van der Waals surface area contributed by atoms with Gasteiger partial charge in [0.1, 0.15) is 11.5 Å². The highest BCUT2D eigenvalue weighted by Gasteiger charge is 2.39. The van der Waals surface area contributed by atoms with Crippen LogP contribution < -0.4 is 9.47 Å². The van der Waals surface area contributed by atoms with Gasteiger partial charge in [-0.1, -0.05) is 31.5 Å². The number of fused-ring (bicyclic) bond motifs is 3. The molecule has 0 fully saturated rings. The smallest absolute Gasteiger partial charge is 0.187 e. The maximum Gasteiger partial charge on any atom is 0.187 e. The molecule has 2 aliphatic rings. The third kappa shape index (κ3) is 2.97. The summed E-state index contributed by atoms with van der Waals surface area (Å²) in [4.78, 5) is 0. The van der Waals surface area contributed by atoms with Crippen LogP contribution in [0.25, 0.3) is 0 Å². The Labute approximate surface area is 149 Å². The number of benzene rings is 2. The molecule has 0 unspecified atom stereocenters. The molecule has 0 amide bonds. The summed E-state index contributed by atoms with van der Waals surface area (Å²) in [6.07, 6.45) is 2.98. The summed E-state index contributed by atoms with van der Waals surface area (Å²) >= 11 is 0. The van der Waals surface area contributed by atoms with E-state index >= 15 is 0 Å². The minimum Gasteiger partial charge on any atom is -0.494 e. The lowest BCUT2D eigenvalue weighted by Gasteiger charge is -2.38. The topological polar surface area (TPSA) is 34.1 Å². The van der Waals surface area contributed by atoms with E-state index in [1.54, 1.807) is 0 Å². The average Bonchev–Trinajstić information content (AvgIpc) is 3.09. The maximum atomic E-state index is 6.22. The van der Waals surface area contributed by atoms with Crippen molar-refractivity contribution in [3.05, 3.63) is 59.7 Å². The van der Waals surface area contributed by atoms with Crippen LogP contribution in [0.15, 0.2) is 53.6 Å². The van der Waals surface area contributed by atoms with Gasteiger partial charge in [-0.3, -0.25) is 5.01 Å². The molecular formula is C21H24N2O2. The lowest BCUT2D eigenvalue weighted by atomic mass is 9.96. The molecule has 2 aromatic rings. The Balaban J connectivity index is 1.64. The fourth-order valence-electron chi connectivity index (χ4n) is 3.63. The molecule has 4 rings (SSSR count). The van der Waals surface area contributed by atoms with Crippen molar-refractivity contribution in [1.82, 2.24) is 5.01 Å². The lowest BCUT2D eigenvalue weighted by Crippen LogP contribution is -2.40. The summed E-state index contributed by atoms with van der Waals surface area (Å²) in [5.74, 6) is 1.91. The molecule has 2 heterocycles. The van der Waals surface area contributed by atoms with Crippen LogP contribution in [0.2, 0.25) is 0 Å². The molecule has 2 aromatic carbocycles. The number of hydrogen-bond acceptors (Lipinski definition) is 4. The quantitative estimate of drug-likeness (QED) is 0.790. The van der Waals surface area contributed by atoms with E-state index in [1.165, 1.54) is 5.56 Å². The van der Waals surface area contributed by atoms with Gasteiger partial charge < -0.3 is 9.47 Å². The van der Waals surface area contributed by atoms with Gasteiger partial charge in [-0.05, 0) is 42.8 Å². The third-order valence-corrected chi connectivity index (χ3v) is 4.81. The molecule has 0 aliphatic carbocycles. The highest BCUT2D eigenvalue weighted by Crippen LogP contribution is 2.43. The van der Waals surface area contributed by atoms with Gasteiger partial charge >= 0.3 is 0 Å². The summed E-state index contributed by atoms with van der Waals surface area (Å²) in [5, 5.41) is 7.10. The van der Waals surface area contributed by atoms with Crippen molar-refractivity contribution in [1.29, 1.82) is 0 Å². The molecule has 4 nitrogen and oxygen atoms in total. The standard InChI is InChI=1S/C21H24N2O2/c1-3-7-21-23-19(17-8-5-6-9-20(17)25-21)14-18(22-23)15-10-12-16(13-11-15)24-4-2/h5-6,8-13,19,21H,3-4,7,14H2,1-2H3/t19-,21+/m0/s1. The van der Waals surface area contributed by atoms with E-state index in [1.807, 2.05) is 25.1 Å². The van der Waals surface area contributed by atoms with Gasteiger partial charge in [0.05, 0.1) is 18.4 Å². The van der Waals surface area contributed by atoms with Gasteiger partial charge in [-0.15, -0.1) is 0 Å². The number of hydrogen-bond donors (Lipinski definition) is 0. The van der Waals surface area contributed by atoms with Crippen molar-refractivity contribution in [3.8, 4) is 11.5 Å². The molecule has 130 valence electrons. The van der Waals surface area contributed by atoms with E-state index in [0.29, 0.717) is 6.61 Å². The van der Waals surface area contributed by atoms with Crippen molar-refractivity contribution in [3.63, 3.8) is 0 Å². The molecule has 0 N–H and O–H groups in total. The van der Waals surface area contributed by atoms with Crippen LogP contribution in [0.3, 0.4) is 0 Å². The van der Waals surface area contributed by atoms with Gasteiger partial charge in [0.2, 0.25) is 0 Å². The van der Waals surface area contributed by atoms with E-state index in [2.05, 4.69) is 42.3 Å². The first-order chi connectivity index (χ1) is 12.3. The summed E-state index contributed by atoms with van der Waals surface area (Å²) in [6, 6.07) is 16.9. The fourth-order valence-corrected chi connectivity index (χ4v) is 3.63. The van der Waals surface area contributed by atoms with Gasteiger partial charge in [-0.2, -0.15) is 5.10 Å². The Kier molecular flexibility index (Phi) is 4.35. The predicted molar refractivity (Wildman–Crippen MR) is 99.1 cm³/mol. The predicted octanol–water partition coefficient (Wildman–Crippen LogP) is 4.76. The van der Waals surface area contributed by atoms with Crippen molar-refractivity contribution >= 4 is 5.71 Å². The first-order valence-corrected chi connectivity index (χ1v) is 9.14. The van der Waals surface area contributed by atoms with Crippen LogP contribution in [0.4, 0.5) is 0 Å². The molecule has 0 saturated heterocycles. The van der Waals surface area contributed by atoms with E-state index < -0.39 is 0 Å². The molecule has 0 spiro atoms. The Morgan fingerprint density at radius 2 is 1.92 bits per heavy atom. The van der Waals surface area contributed by atoms with Gasteiger partial charge in [0.25, 0.3) is 0 Å². The minimum atomic E-state index is 0.0186. The number of nitrogens with zero attached hydrogens (tertiary/aromatic N) is 2. The molecule has 2 atom stereocenters. The van der Waals surface area contributed by atoms with E-state index in [-0.39, 0.29) is 12.3 Å². The Morgan fingerprint density at radius 3 is 2.68 bits per heavy atom. The van der Waals surface area contributed by atoms with Crippen molar-refractivity contribution in [2.75, 3.05) is 6.61 Å². The Hall–Kier alpha value is -2.49.